The van der Waals surface area contributed by atoms with Crippen LogP contribution in [0.25, 0.3) is 22.3 Å². The van der Waals surface area contributed by atoms with Crippen LogP contribution in [0, 0.1) is 12.7 Å². The Bertz CT molecular complexity index is 1470. The molecular formula is C31H29FN2O4. The van der Waals surface area contributed by atoms with Gasteiger partial charge in [0.25, 0.3) is 0 Å². The van der Waals surface area contributed by atoms with E-state index in [2.05, 4.69) is 11.1 Å². The third-order valence-corrected chi connectivity index (χ3v) is 6.77. The van der Waals surface area contributed by atoms with Gasteiger partial charge in [-0.25, -0.2) is 9.37 Å². The van der Waals surface area contributed by atoms with Gasteiger partial charge in [-0.05, 0) is 89.5 Å². The Morgan fingerprint density at radius 3 is 2.53 bits per heavy atom. The monoisotopic (exact) mass is 512 g/mol. The number of hydrogen-bond acceptors (Lipinski definition) is 5. The van der Waals surface area contributed by atoms with Crippen LogP contribution < -0.4 is 15.2 Å². The molecule has 7 heteroatoms. The smallest absolute Gasteiger partial charge is 0.307 e. The molecule has 0 radical (unpaired) electrons. The van der Waals surface area contributed by atoms with Gasteiger partial charge in [0, 0.05) is 17.7 Å². The molecule has 6 nitrogen and oxygen atoms in total. The van der Waals surface area contributed by atoms with Gasteiger partial charge in [0.1, 0.15) is 23.1 Å². The van der Waals surface area contributed by atoms with E-state index in [1.165, 1.54) is 12.1 Å². The van der Waals surface area contributed by atoms with Crippen molar-refractivity contribution in [3.8, 4) is 33.8 Å². The quantitative estimate of drug-likeness (QED) is 0.300. The lowest BCUT2D eigenvalue weighted by Crippen LogP contribution is -2.11. The molecule has 4 aromatic rings. The Hall–Kier alpha value is -4.39. The highest BCUT2D eigenvalue weighted by Crippen LogP contribution is 2.42. The number of rotatable bonds is 8. The number of aliphatic carboxylic acids is 1. The molecule has 1 aromatic heterocycles. The second kappa shape index (κ2) is 10.9. The maximum absolute atomic E-state index is 13.1. The van der Waals surface area contributed by atoms with Crippen molar-refractivity contribution in [1.82, 2.24) is 4.98 Å². The molecule has 5 rings (SSSR count). The molecule has 0 fully saturated rings. The molecule has 38 heavy (non-hydrogen) atoms. The van der Waals surface area contributed by atoms with Gasteiger partial charge in [-0.2, -0.15) is 0 Å². The fourth-order valence-corrected chi connectivity index (χ4v) is 4.91. The average Bonchev–Trinajstić information content (AvgIpc) is 2.91. The molecule has 3 N–H and O–H groups in total. The Balaban J connectivity index is 1.49. The summed E-state index contributed by atoms with van der Waals surface area (Å²) in [5.74, 6) is 0.698. The van der Waals surface area contributed by atoms with Crippen molar-refractivity contribution >= 4 is 11.8 Å². The number of carboxylic acid groups (broad SMARTS) is 1. The van der Waals surface area contributed by atoms with E-state index < -0.39 is 5.97 Å². The summed E-state index contributed by atoms with van der Waals surface area (Å²) in [6.07, 6.45) is 2.32. The fraction of sp³-hybridized carbons (Fsp3) is 0.226. The summed E-state index contributed by atoms with van der Waals surface area (Å²) in [5, 5.41) is 9.69. The van der Waals surface area contributed by atoms with Gasteiger partial charge in [0.05, 0.1) is 19.6 Å². The molecular weight excluding hydrogens is 483 g/mol. The fourth-order valence-electron chi connectivity index (χ4n) is 4.91. The molecule has 194 valence electrons. The number of fused-ring (bicyclic) bond motifs is 1. The molecule has 0 atom stereocenters. The van der Waals surface area contributed by atoms with E-state index in [0.29, 0.717) is 48.0 Å². The van der Waals surface area contributed by atoms with Crippen molar-refractivity contribution in [2.24, 2.45) is 0 Å². The highest BCUT2D eigenvalue weighted by Gasteiger charge is 2.22. The number of nitrogens with two attached hydrogens (primary N) is 1. The predicted octanol–water partition coefficient (Wildman–Crippen LogP) is 6.02. The van der Waals surface area contributed by atoms with E-state index in [9.17, 15) is 14.3 Å². The molecule has 0 spiro atoms. The third kappa shape index (κ3) is 5.47. The summed E-state index contributed by atoms with van der Waals surface area (Å²) in [5.41, 5.74) is 13.0. The van der Waals surface area contributed by atoms with E-state index in [-0.39, 0.29) is 12.2 Å². The largest absolute Gasteiger partial charge is 0.493 e. The Morgan fingerprint density at radius 1 is 1.05 bits per heavy atom. The lowest BCUT2D eigenvalue weighted by Gasteiger charge is -2.22. The number of ether oxygens (including phenoxy) is 2. The van der Waals surface area contributed by atoms with Crippen molar-refractivity contribution in [2.75, 3.05) is 18.9 Å². The van der Waals surface area contributed by atoms with Gasteiger partial charge in [-0.3, -0.25) is 4.79 Å². The zero-order chi connectivity index (χ0) is 26.6. The van der Waals surface area contributed by atoms with Crippen LogP contribution in [0.4, 0.5) is 10.2 Å². The minimum absolute atomic E-state index is 0.167. The molecule has 0 aliphatic carbocycles. The molecule has 0 bridgehead atoms. The molecule has 1 aliphatic heterocycles. The summed E-state index contributed by atoms with van der Waals surface area (Å²) >= 11 is 0. The van der Waals surface area contributed by atoms with E-state index in [0.717, 1.165) is 46.4 Å². The van der Waals surface area contributed by atoms with E-state index in [1.807, 2.05) is 36.4 Å². The Morgan fingerprint density at radius 2 is 1.79 bits per heavy atom. The zero-order valence-corrected chi connectivity index (χ0v) is 21.2. The van der Waals surface area contributed by atoms with Crippen molar-refractivity contribution < 1.29 is 23.8 Å². The summed E-state index contributed by atoms with van der Waals surface area (Å²) in [4.78, 5) is 16.3. The maximum atomic E-state index is 13.1. The van der Waals surface area contributed by atoms with Gasteiger partial charge < -0.3 is 20.3 Å². The number of hydrogen-bond donors (Lipinski definition) is 2. The summed E-state index contributed by atoms with van der Waals surface area (Å²) in [7, 11) is 0. The van der Waals surface area contributed by atoms with Crippen LogP contribution in [0.2, 0.25) is 0 Å². The van der Waals surface area contributed by atoms with Gasteiger partial charge in [0.15, 0.2) is 0 Å². The van der Waals surface area contributed by atoms with Crippen LogP contribution >= 0.6 is 0 Å². The number of nitrogens with zero attached hydrogens (tertiary/aromatic N) is 1. The van der Waals surface area contributed by atoms with Crippen molar-refractivity contribution in [1.29, 1.82) is 0 Å². The van der Waals surface area contributed by atoms with Gasteiger partial charge in [-0.15, -0.1) is 0 Å². The number of carboxylic acids is 1. The molecule has 0 unspecified atom stereocenters. The number of aromatic nitrogens is 1. The first-order chi connectivity index (χ1) is 18.4. The van der Waals surface area contributed by atoms with Crippen molar-refractivity contribution in [2.45, 2.75) is 32.6 Å². The second-order valence-electron chi connectivity index (χ2n) is 9.41. The first-order valence-electron chi connectivity index (χ1n) is 12.6. The summed E-state index contributed by atoms with van der Waals surface area (Å²) in [6, 6.07) is 19.9. The number of anilines is 1. The summed E-state index contributed by atoms with van der Waals surface area (Å²) in [6.45, 7) is 2.94. The van der Waals surface area contributed by atoms with Gasteiger partial charge in [0.2, 0.25) is 0 Å². The Labute approximate surface area is 220 Å². The number of halogens is 1. The average molecular weight is 513 g/mol. The topological polar surface area (TPSA) is 94.7 Å². The van der Waals surface area contributed by atoms with Crippen LogP contribution in [-0.4, -0.2) is 29.3 Å². The van der Waals surface area contributed by atoms with Crippen molar-refractivity contribution in [3.63, 3.8) is 0 Å². The molecule has 3 aromatic carbocycles. The highest BCUT2D eigenvalue weighted by atomic mass is 19.1. The van der Waals surface area contributed by atoms with Crippen molar-refractivity contribution in [3.05, 3.63) is 94.9 Å². The lowest BCUT2D eigenvalue weighted by molar-refractivity contribution is -0.136. The molecule has 2 heterocycles. The second-order valence-corrected chi connectivity index (χ2v) is 9.41. The van der Waals surface area contributed by atoms with Crippen LogP contribution in [0.3, 0.4) is 0 Å². The van der Waals surface area contributed by atoms with Crippen LogP contribution in [0.1, 0.15) is 28.8 Å². The number of benzene rings is 3. The number of carbonyl (C=O) groups is 1. The van der Waals surface area contributed by atoms with Gasteiger partial charge in [-0.1, -0.05) is 30.3 Å². The predicted molar refractivity (Wildman–Crippen MR) is 145 cm³/mol. The lowest BCUT2D eigenvalue weighted by atomic mass is 9.87. The highest BCUT2D eigenvalue weighted by molar-refractivity contribution is 5.94. The molecule has 0 amide bonds. The normalized spacial score (nSPS) is 12.5. The Kier molecular flexibility index (Phi) is 7.26. The summed E-state index contributed by atoms with van der Waals surface area (Å²) < 4.78 is 24.8. The zero-order valence-electron chi connectivity index (χ0n) is 21.2. The third-order valence-electron chi connectivity index (χ3n) is 6.77. The van der Waals surface area contributed by atoms with Gasteiger partial charge >= 0.3 is 5.97 Å². The van der Waals surface area contributed by atoms with E-state index in [1.54, 1.807) is 19.1 Å². The van der Waals surface area contributed by atoms with Crippen LogP contribution in [-0.2, 0) is 24.1 Å². The maximum Gasteiger partial charge on any atom is 0.307 e. The number of pyridine rings is 1. The first kappa shape index (κ1) is 25.3. The minimum Gasteiger partial charge on any atom is -0.493 e. The van der Waals surface area contributed by atoms with E-state index >= 15 is 0 Å². The first-order valence-corrected chi connectivity index (χ1v) is 12.6. The van der Waals surface area contributed by atoms with Crippen LogP contribution in [0.15, 0.2) is 66.7 Å². The molecule has 0 saturated carbocycles. The van der Waals surface area contributed by atoms with E-state index in [4.69, 9.17) is 15.2 Å². The molecule has 1 aliphatic rings. The SMILES string of the molecule is Cc1nc(N)c(-c2ccc(OCCc3ccc(F)cc3)cc2)c(-c2ccc3c(c2)CCCO3)c1CC(=O)O. The number of nitrogen functional groups attached to an aromatic ring is 1. The minimum atomic E-state index is -0.932. The standard InChI is InChI=1S/C31H29FN2O4/c1-19-26(18-28(35)36)29(23-8-13-27-22(17-23)3-2-15-38-27)30(31(33)34-19)21-6-11-25(12-7-21)37-16-14-20-4-9-24(32)10-5-20/h4-13,17H,2-3,14-16,18H2,1H3,(H2,33,34)(H,35,36). The molecule has 0 saturated heterocycles. The van der Waals surface area contributed by atoms with Crippen LogP contribution in [0.5, 0.6) is 11.5 Å². The number of aryl methyl sites for hydroxylation is 2.